The molecule has 33 heavy (non-hydrogen) atoms. The first-order valence-corrected chi connectivity index (χ1v) is 11.9. The zero-order valence-corrected chi connectivity index (χ0v) is 20.3. The van der Waals surface area contributed by atoms with Gasteiger partial charge in [-0.15, -0.1) is 0 Å². The van der Waals surface area contributed by atoms with Gasteiger partial charge in [-0.1, -0.05) is 12.1 Å². The van der Waals surface area contributed by atoms with Crippen molar-refractivity contribution in [2.24, 2.45) is 5.73 Å². The molecule has 0 aromatic heterocycles. The lowest BCUT2D eigenvalue weighted by atomic mass is 9.75. The lowest BCUT2D eigenvalue weighted by molar-refractivity contribution is -0.116. The third-order valence-electron chi connectivity index (χ3n) is 5.91. The van der Waals surface area contributed by atoms with Crippen molar-refractivity contribution in [2.45, 2.75) is 39.0 Å². The van der Waals surface area contributed by atoms with Crippen molar-refractivity contribution in [1.29, 1.82) is 5.26 Å². The predicted octanol–water partition coefficient (Wildman–Crippen LogP) is 5.55. The molecule has 2 aliphatic rings. The topological polar surface area (TPSA) is 88.6 Å². The molecule has 2 N–H and O–H groups in total. The van der Waals surface area contributed by atoms with Crippen LogP contribution in [0.1, 0.15) is 44.6 Å². The highest BCUT2D eigenvalue weighted by Crippen LogP contribution is 2.49. The Hall–Kier alpha value is -3.24. The average Bonchev–Trinajstić information content (AvgIpc) is 2.81. The zero-order valence-electron chi connectivity index (χ0n) is 18.7. The summed E-state index contributed by atoms with van der Waals surface area (Å²) in [5.41, 5.74) is 9.98. The molecule has 6 nitrogen and oxygen atoms in total. The molecule has 0 fully saturated rings. The normalized spacial score (nSPS) is 18.2. The molecule has 1 heterocycles. The number of ether oxygens (including phenoxy) is 2. The minimum atomic E-state index is -0.613. The highest BCUT2D eigenvalue weighted by atomic mass is 79.9. The quantitative estimate of drug-likeness (QED) is 0.551. The standard InChI is InChI=1S/C26H26BrN3O3/c1-3-32-16-12-13-23(33-4-2)17(14-16)24-18(15-28)26(29)30(20-9-6-5-8-19(20)27)21-10-7-11-22(31)25(21)24/h5-6,8-9,12-14,24H,3-4,7,10-11,29H2,1-2H3. The van der Waals surface area contributed by atoms with E-state index < -0.39 is 5.92 Å². The molecule has 0 saturated carbocycles. The number of anilines is 1. The Morgan fingerprint density at radius 3 is 2.61 bits per heavy atom. The molecule has 0 bridgehead atoms. The Morgan fingerprint density at radius 1 is 1.15 bits per heavy atom. The van der Waals surface area contributed by atoms with Gasteiger partial charge in [0.25, 0.3) is 0 Å². The fourth-order valence-corrected chi connectivity index (χ4v) is 5.06. The number of nitrogens with zero attached hydrogens (tertiary/aromatic N) is 2. The van der Waals surface area contributed by atoms with Crippen LogP contribution in [-0.2, 0) is 4.79 Å². The smallest absolute Gasteiger partial charge is 0.161 e. The molecule has 2 aromatic rings. The molecule has 0 radical (unpaired) electrons. The maximum atomic E-state index is 13.4. The number of rotatable bonds is 6. The Morgan fingerprint density at radius 2 is 1.91 bits per heavy atom. The molecular formula is C26H26BrN3O3. The molecule has 7 heteroatoms. The van der Waals surface area contributed by atoms with E-state index in [9.17, 15) is 10.1 Å². The maximum Gasteiger partial charge on any atom is 0.161 e. The van der Waals surface area contributed by atoms with Crippen molar-refractivity contribution in [3.05, 3.63) is 75.2 Å². The number of nitriles is 1. The van der Waals surface area contributed by atoms with Gasteiger partial charge >= 0.3 is 0 Å². The van der Waals surface area contributed by atoms with Crippen LogP contribution >= 0.6 is 15.9 Å². The fraction of sp³-hybridized carbons (Fsp3) is 0.308. The third kappa shape index (κ3) is 4.11. The lowest BCUT2D eigenvalue weighted by Crippen LogP contribution is -2.39. The monoisotopic (exact) mass is 507 g/mol. The summed E-state index contributed by atoms with van der Waals surface area (Å²) in [4.78, 5) is 15.2. The van der Waals surface area contributed by atoms with Crippen LogP contribution in [0.3, 0.4) is 0 Å². The van der Waals surface area contributed by atoms with Crippen LogP contribution in [0.2, 0.25) is 0 Å². The third-order valence-corrected chi connectivity index (χ3v) is 6.58. The van der Waals surface area contributed by atoms with Crippen molar-refractivity contribution in [3.63, 3.8) is 0 Å². The van der Waals surface area contributed by atoms with Gasteiger partial charge in [0.05, 0.1) is 36.5 Å². The van der Waals surface area contributed by atoms with Crippen molar-refractivity contribution in [2.75, 3.05) is 18.1 Å². The number of carbonyl (C=O) groups excluding carboxylic acids is 1. The summed E-state index contributed by atoms with van der Waals surface area (Å²) in [6, 6.07) is 15.5. The zero-order chi connectivity index (χ0) is 23.5. The summed E-state index contributed by atoms with van der Waals surface area (Å²) < 4.78 is 12.5. The van der Waals surface area contributed by atoms with Gasteiger partial charge < -0.3 is 15.2 Å². The van der Waals surface area contributed by atoms with Gasteiger partial charge in [-0.2, -0.15) is 5.26 Å². The van der Waals surface area contributed by atoms with E-state index in [-0.39, 0.29) is 5.78 Å². The Bertz CT molecular complexity index is 1200. The summed E-state index contributed by atoms with van der Waals surface area (Å²) in [6.45, 7) is 4.78. The second-order valence-electron chi connectivity index (χ2n) is 7.83. The summed E-state index contributed by atoms with van der Waals surface area (Å²) in [5.74, 6) is 1.02. The second-order valence-corrected chi connectivity index (χ2v) is 8.69. The number of hydrogen-bond acceptors (Lipinski definition) is 6. The van der Waals surface area contributed by atoms with E-state index in [1.165, 1.54) is 0 Å². The molecule has 1 atom stereocenters. The number of benzene rings is 2. The number of hydrogen-bond donors (Lipinski definition) is 1. The van der Waals surface area contributed by atoms with Gasteiger partial charge in [0, 0.05) is 27.7 Å². The highest BCUT2D eigenvalue weighted by Gasteiger charge is 2.41. The largest absolute Gasteiger partial charge is 0.494 e. The summed E-state index contributed by atoms with van der Waals surface area (Å²) >= 11 is 3.61. The lowest BCUT2D eigenvalue weighted by Gasteiger charge is -2.40. The maximum absolute atomic E-state index is 13.4. The minimum Gasteiger partial charge on any atom is -0.494 e. The van der Waals surface area contributed by atoms with Gasteiger partial charge in [-0.25, -0.2) is 0 Å². The van der Waals surface area contributed by atoms with Crippen LogP contribution in [0.25, 0.3) is 0 Å². The van der Waals surface area contributed by atoms with E-state index in [2.05, 4.69) is 22.0 Å². The van der Waals surface area contributed by atoms with Crippen LogP contribution in [-0.4, -0.2) is 19.0 Å². The van der Waals surface area contributed by atoms with Crippen LogP contribution in [0.15, 0.2) is 69.6 Å². The van der Waals surface area contributed by atoms with Gasteiger partial charge in [-0.3, -0.25) is 9.69 Å². The Kier molecular flexibility index (Phi) is 6.75. The number of allylic oxidation sites excluding steroid dienone is 3. The number of nitrogens with two attached hydrogens (primary N) is 1. The molecule has 170 valence electrons. The molecule has 0 amide bonds. The van der Waals surface area contributed by atoms with Crippen molar-refractivity contribution in [1.82, 2.24) is 0 Å². The number of ketones is 1. The summed E-state index contributed by atoms with van der Waals surface area (Å²) in [6.07, 6.45) is 1.86. The van der Waals surface area contributed by atoms with E-state index in [0.29, 0.717) is 54.5 Å². The van der Waals surface area contributed by atoms with Crippen LogP contribution in [0, 0.1) is 11.3 Å². The predicted molar refractivity (Wildman–Crippen MR) is 131 cm³/mol. The van der Waals surface area contributed by atoms with Crippen LogP contribution in [0.4, 0.5) is 5.69 Å². The van der Waals surface area contributed by atoms with Gasteiger partial charge in [0.1, 0.15) is 17.3 Å². The Balaban J connectivity index is 2.00. The van der Waals surface area contributed by atoms with E-state index in [4.69, 9.17) is 15.2 Å². The van der Waals surface area contributed by atoms with Crippen molar-refractivity contribution >= 4 is 27.4 Å². The molecule has 0 spiro atoms. The van der Waals surface area contributed by atoms with E-state index >= 15 is 0 Å². The Labute approximate surface area is 202 Å². The highest BCUT2D eigenvalue weighted by molar-refractivity contribution is 9.10. The number of carbonyl (C=O) groups is 1. The van der Waals surface area contributed by atoms with E-state index in [1.54, 1.807) is 0 Å². The second kappa shape index (κ2) is 9.72. The SMILES string of the molecule is CCOc1ccc(OCC)c(C2C(C#N)=C(N)N(c3ccccc3Br)C3=C2C(=O)CCC3)c1. The van der Waals surface area contributed by atoms with Gasteiger partial charge in [0.15, 0.2) is 5.78 Å². The fourth-order valence-electron chi connectivity index (χ4n) is 4.60. The molecular weight excluding hydrogens is 482 g/mol. The van der Waals surface area contributed by atoms with Gasteiger partial charge in [-0.05, 0) is 73.0 Å². The number of halogens is 1. The van der Waals surface area contributed by atoms with Crippen LogP contribution in [0.5, 0.6) is 11.5 Å². The average molecular weight is 508 g/mol. The van der Waals surface area contributed by atoms with E-state index in [1.807, 2.05) is 61.2 Å². The molecule has 1 aliphatic heterocycles. The first-order chi connectivity index (χ1) is 16.0. The summed E-state index contributed by atoms with van der Waals surface area (Å²) in [5, 5.41) is 10.3. The molecule has 0 saturated heterocycles. The summed E-state index contributed by atoms with van der Waals surface area (Å²) in [7, 11) is 0. The van der Waals surface area contributed by atoms with E-state index in [0.717, 1.165) is 27.8 Å². The van der Waals surface area contributed by atoms with Crippen molar-refractivity contribution in [3.8, 4) is 17.6 Å². The number of Topliss-reactive ketones (excluding diaryl/α,β-unsaturated/α-hetero) is 1. The molecule has 1 unspecified atom stereocenters. The minimum absolute atomic E-state index is 0.0304. The first-order valence-electron chi connectivity index (χ1n) is 11.1. The van der Waals surface area contributed by atoms with Gasteiger partial charge in [0.2, 0.25) is 0 Å². The molecule has 4 rings (SSSR count). The first kappa shape index (κ1) is 22.9. The van der Waals surface area contributed by atoms with Crippen molar-refractivity contribution < 1.29 is 14.3 Å². The molecule has 1 aliphatic carbocycles. The van der Waals surface area contributed by atoms with Crippen LogP contribution < -0.4 is 20.1 Å². The molecule has 2 aromatic carbocycles. The number of para-hydroxylation sites is 1.